The highest BCUT2D eigenvalue weighted by Crippen LogP contribution is 2.30. The van der Waals surface area contributed by atoms with E-state index in [1.807, 2.05) is 109 Å². The quantitative estimate of drug-likeness (QED) is 0.161. The lowest BCUT2D eigenvalue weighted by Gasteiger charge is -2.30. The van der Waals surface area contributed by atoms with Crippen molar-refractivity contribution in [1.29, 1.82) is 0 Å². The summed E-state index contributed by atoms with van der Waals surface area (Å²) < 4.78 is 11.2. The highest BCUT2D eigenvalue weighted by Gasteiger charge is 2.33. The van der Waals surface area contributed by atoms with Crippen LogP contribution in [-0.4, -0.2) is 56.1 Å². The zero-order chi connectivity index (χ0) is 32.8. The van der Waals surface area contributed by atoms with Gasteiger partial charge in [0.15, 0.2) is 5.78 Å². The van der Waals surface area contributed by atoms with Crippen LogP contribution in [0.1, 0.15) is 53.0 Å². The van der Waals surface area contributed by atoms with Gasteiger partial charge >= 0.3 is 6.09 Å². The van der Waals surface area contributed by atoms with Crippen LogP contribution in [0.4, 0.5) is 4.79 Å². The van der Waals surface area contributed by atoms with Crippen LogP contribution in [0.3, 0.4) is 0 Å². The van der Waals surface area contributed by atoms with Gasteiger partial charge in [0.2, 0.25) is 0 Å². The molecule has 1 saturated heterocycles. The first-order valence-electron chi connectivity index (χ1n) is 16.4. The SMILES string of the molecule is COC(=O)N[C@H](C(=O)Cc1ccccc1CC[C@@H]1CN[C@H](CCC(=O)Cc2ccccc2)CO1)C(c1ccccc1)c1ccccc1. The fraction of sp³-hybridized carbons (Fsp3) is 0.325. The lowest BCUT2D eigenvalue weighted by atomic mass is 9.81. The Morgan fingerprint density at radius 1 is 0.787 bits per heavy atom. The zero-order valence-electron chi connectivity index (χ0n) is 27.0. The number of amides is 1. The number of benzene rings is 4. The van der Waals surface area contributed by atoms with Crippen molar-refractivity contribution in [1.82, 2.24) is 10.6 Å². The number of nitrogens with one attached hydrogen (secondary N) is 2. The van der Waals surface area contributed by atoms with Gasteiger partial charge in [-0.3, -0.25) is 9.59 Å². The van der Waals surface area contributed by atoms with Crippen molar-refractivity contribution in [3.8, 4) is 0 Å². The average Bonchev–Trinajstić information content (AvgIpc) is 3.11. The summed E-state index contributed by atoms with van der Waals surface area (Å²) in [6.45, 7) is 1.30. The number of methoxy groups -OCH3 is 1. The summed E-state index contributed by atoms with van der Waals surface area (Å²) in [6, 6.07) is 36.8. The van der Waals surface area contributed by atoms with E-state index in [1.54, 1.807) is 0 Å². The first-order valence-corrected chi connectivity index (χ1v) is 16.4. The summed E-state index contributed by atoms with van der Waals surface area (Å²) in [4.78, 5) is 39.1. The van der Waals surface area contributed by atoms with Gasteiger partial charge in [-0.25, -0.2) is 4.79 Å². The van der Waals surface area contributed by atoms with E-state index >= 15 is 0 Å². The number of Topliss-reactive ketones (excluding diaryl/α,β-unsaturated/α-hetero) is 2. The Morgan fingerprint density at radius 3 is 1.98 bits per heavy atom. The van der Waals surface area contributed by atoms with Crippen LogP contribution in [0.25, 0.3) is 0 Å². The van der Waals surface area contributed by atoms with Crippen LogP contribution in [0, 0.1) is 0 Å². The van der Waals surface area contributed by atoms with Gasteiger partial charge in [-0.15, -0.1) is 0 Å². The molecule has 1 aliphatic heterocycles. The molecule has 4 aromatic rings. The van der Waals surface area contributed by atoms with Crippen molar-refractivity contribution in [2.45, 2.75) is 62.6 Å². The molecular weight excluding hydrogens is 588 g/mol. The first kappa shape index (κ1) is 33.8. The van der Waals surface area contributed by atoms with Crippen LogP contribution in [0.15, 0.2) is 115 Å². The van der Waals surface area contributed by atoms with E-state index in [2.05, 4.69) is 16.7 Å². The molecule has 1 aliphatic rings. The van der Waals surface area contributed by atoms with E-state index in [1.165, 1.54) is 7.11 Å². The minimum absolute atomic E-state index is 0.0457. The molecule has 1 heterocycles. The summed E-state index contributed by atoms with van der Waals surface area (Å²) >= 11 is 0. The average molecular weight is 633 g/mol. The fourth-order valence-electron chi connectivity index (χ4n) is 6.31. The predicted octanol–water partition coefficient (Wildman–Crippen LogP) is 6.24. The molecule has 5 rings (SSSR count). The molecule has 7 nitrogen and oxygen atoms in total. The largest absolute Gasteiger partial charge is 0.453 e. The predicted molar refractivity (Wildman–Crippen MR) is 183 cm³/mol. The van der Waals surface area contributed by atoms with Crippen molar-refractivity contribution in [3.63, 3.8) is 0 Å². The van der Waals surface area contributed by atoms with E-state index in [9.17, 15) is 14.4 Å². The highest BCUT2D eigenvalue weighted by molar-refractivity contribution is 5.91. The number of ketones is 2. The summed E-state index contributed by atoms with van der Waals surface area (Å²) in [5.41, 5.74) is 4.94. The molecule has 3 atom stereocenters. The third kappa shape index (κ3) is 9.95. The molecule has 0 bridgehead atoms. The van der Waals surface area contributed by atoms with Crippen LogP contribution >= 0.6 is 0 Å². The molecule has 0 saturated carbocycles. The molecule has 1 amide bonds. The number of carbonyl (C=O) groups excluding carboxylic acids is 3. The Balaban J connectivity index is 1.19. The minimum atomic E-state index is -0.831. The molecule has 47 heavy (non-hydrogen) atoms. The van der Waals surface area contributed by atoms with E-state index in [0.29, 0.717) is 19.4 Å². The molecule has 0 aliphatic carbocycles. The molecule has 1 fully saturated rings. The van der Waals surface area contributed by atoms with Gasteiger partial charge in [0.1, 0.15) is 11.8 Å². The van der Waals surface area contributed by atoms with Gasteiger partial charge in [-0.1, -0.05) is 115 Å². The van der Waals surface area contributed by atoms with Gasteiger partial charge in [0, 0.05) is 37.8 Å². The van der Waals surface area contributed by atoms with Crippen molar-refractivity contribution >= 4 is 17.7 Å². The second-order valence-electron chi connectivity index (χ2n) is 12.2. The maximum atomic E-state index is 14.1. The minimum Gasteiger partial charge on any atom is -0.453 e. The van der Waals surface area contributed by atoms with Gasteiger partial charge in [0.25, 0.3) is 0 Å². The Bertz CT molecular complexity index is 1530. The molecule has 0 radical (unpaired) electrons. The van der Waals surface area contributed by atoms with Crippen LogP contribution in [-0.2, 0) is 38.3 Å². The van der Waals surface area contributed by atoms with Gasteiger partial charge in [-0.05, 0) is 47.1 Å². The van der Waals surface area contributed by atoms with E-state index in [4.69, 9.17) is 9.47 Å². The summed E-state index contributed by atoms with van der Waals surface area (Å²) in [6.07, 6.45) is 2.89. The summed E-state index contributed by atoms with van der Waals surface area (Å²) in [7, 11) is 1.31. The number of hydrogen-bond acceptors (Lipinski definition) is 6. The number of alkyl carbamates (subject to hydrolysis) is 1. The van der Waals surface area contributed by atoms with Crippen LogP contribution < -0.4 is 10.6 Å². The van der Waals surface area contributed by atoms with Gasteiger partial charge in [-0.2, -0.15) is 0 Å². The molecular formula is C40H44N2O5. The van der Waals surface area contributed by atoms with Crippen molar-refractivity contribution < 1.29 is 23.9 Å². The van der Waals surface area contributed by atoms with Crippen molar-refractivity contribution in [2.75, 3.05) is 20.3 Å². The lowest BCUT2D eigenvalue weighted by Crippen LogP contribution is -2.46. The monoisotopic (exact) mass is 632 g/mol. The lowest BCUT2D eigenvalue weighted by molar-refractivity contribution is -0.121. The third-order valence-corrected chi connectivity index (χ3v) is 8.86. The van der Waals surface area contributed by atoms with E-state index < -0.39 is 12.1 Å². The number of morpholine rings is 1. The molecule has 4 aromatic carbocycles. The number of carbonyl (C=O) groups is 3. The highest BCUT2D eigenvalue weighted by atomic mass is 16.5. The Morgan fingerprint density at radius 2 is 1.38 bits per heavy atom. The molecule has 0 unspecified atom stereocenters. The number of aryl methyl sites for hydroxylation is 1. The molecule has 7 heteroatoms. The van der Waals surface area contributed by atoms with Crippen LogP contribution in [0.5, 0.6) is 0 Å². The number of ether oxygens (including phenoxy) is 2. The van der Waals surface area contributed by atoms with Crippen LogP contribution in [0.2, 0.25) is 0 Å². The Hall–Kier alpha value is -4.59. The van der Waals surface area contributed by atoms with Gasteiger partial charge < -0.3 is 20.1 Å². The first-order chi connectivity index (χ1) is 23.0. The third-order valence-electron chi connectivity index (χ3n) is 8.86. The summed E-state index contributed by atoms with van der Waals surface area (Å²) in [5, 5.41) is 6.43. The number of hydrogen-bond donors (Lipinski definition) is 2. The second kappa shape index (κ2) is 17.4. The Kier molecular flexibility index (Phi) is 12.5. The van der Waals surface area contributed by atoms with Crippen molar-refractivity contribution in [3.05, 3.63) is 143 Å². The molecule has 244 valence electrons. The normalized spacial score (nSPS) is 16.7. The molecule has 0 aromatic heterocycles. The summed E-state index contributed by atoms with van der Waals surface area (Å²) in [5.74, 6) is -0.241. The maximum Gasteiger partial charge on any atom is 0.407 e. The standard InChI is InChI=1S/C40H44N2O5/c1-46-40(45)42-39(38(31-16-7-3-8-17-31)32-18-9-4-10-19-32)37(44)26-33-20-12-11-15-30(33)21-24-36-27-41-34(28-47-36)22-23-35(43)25-29-13-5-2-6-14-29/h2-20,34,36,38-39,41H,21-28H2,1H3,(H,42,45)/t34-,36-,39-/m1/s1. The molecule has 2 N–H and O–H groups in total. The second-order valence-corrected chi connectivity index (χ2v) is 12.2. The fourth-order valence-corrected chi connectivity index (χ4v) is 6.31. The number of rotatable bonds is 15. The Labute approximate surface area is 277 Å². The van der Waals surface area contributed by atoms with Gasteiger partial charge in [0.05, 0.1) is 19.8 Å². The van der Waals surface area contributed by atoms with E-state index in [0.717, 1.165) is 53.6 Å². The smallest absolute Gasteiger partial charge is 0.407 e. The maximum absolute atomic E-state index is 14.1. The zero-order valence-corrected chi connectivity index (χ0v) is 27.0. The van der Waals surface area contributed by atoms with E-state index in [-0.39, 0.29) is 36.1 Å². The van der Waals surface area contributed by atoms with Crippen molar-refractivity contribution in [2.24, 2.45) is 0 Å². The topological polar surface area (TPSA) is 93.7 Å². The molecule has 0 spiro atoms.